The lowest BCUT2D eigenvalue weighted by Crippen LogP contribution is -2.40. The lowest BCUT2D eigenvalue weighted by molar-refractivity contribution is -0.157. The molecule has 2 fully saturated rings. The molecule has 0 aromatic carbocycles. The van der Waals surface area contributed by atoms with Gasteiger partial charge in [0.1, 0.15) is 6.10 Å². The van der Waals surface area contributed by atoms with Crippen LogP contribution in [0.2, 0.25) is 0 Å². The number of hydrogen-bond donors (Lipinski definition) is 1. The van der Waals surface area contributed by atoms with Crippen molar-refractivity contribution in [2.24, 2.45) is 11.1 Å². The van der Waals surface area contributed by atoms with Crippen LogP contribution in [0, 0.1) is 5.41 Å². The number of hydrogen-bond acceptors (Lipinski definition) is 3. The highest BCUT2D eigenvalue weighted by Gasteiger charge is 2.38. The van der Waals surface area contributed by atoms with E-state index >= 15 is 0 Å². The Morgan fingerprint density at radius 2 is 2.07 bits per heavy atom. The molecule has 0 heterocycles. The van der Waals surface area contributed by atoms with Gasteiger partial charge >= 0.3 is 5.97 Å². The first kappa shape index (κ1) is 9.97. The molecule has 0 unspecified atom stereocenters. The van der Waals surface area contributed by atoms with E-state index in [0.29, 0.717) is 13.0 Å². The zero-order chi connectivity index (χ0) is 10.0. The maximum Gasteiger partial charge on any atom is 0.306 e. The summed E-state index contributed by atoms with van der Waals surface area (Å²) in [5, 5.41) is 0. The van der Waals surface area contributed by atoms with E-state index in [4.69, 9.17) is 10.5 Å². The summed E-state index contributed by atoms with van der Waals surface area (Å²) in [6.07, 6.45) is 7.50. The summed E-state index contributed by atoms with van der Waals surface area (Å²) in [4.78, 5) is 11.5. The van der Waals surface area contributed by atoms with Crippen LogP contribution in [-0.4, -0.2) is 18.6 Å². The molecule has 3 nitrogen and oxygen atoms in total. The fourth-order valence-corrected chi connectivity index (χ4v) is 2.15. The first-order chi connectivity index (χ1) is 6.74. The first-order valence-electron chi connectivity index (χ1n) is 5.64. The highest BCUT2D eigenvalue weighted by atomic mass is 16.5. The van der Waals surface area contributed by atoms with Gasteiger partial charge in [0.15, 0.2) is 0 Å². The third-order valence-corrected chi connectivity index (χ3v) is 3.72. The Balaban J connectivity index is 1.75. The summed E-state index contributed by atoms with van der Waals surface area (Å²) in [6, 6.07) is 0. The van der Waals surface area contributed by atoms with Crippen molar-refractivity contribution in [3.63, 3.8) is 0 Å². The van der Waals surface area contributed by atoms with E-state index in [9.17, 15) is 4.79 Å². The van der Waals surface area contributed by atoms with E-state index in [1.54, 1.807) is 0 Å². The second-order valence-corrected chi connectivity index (χ2v) is 4.78. The van der Waals surface area contributed by atoms with Gasteiger partial charge in [0.05, 0.1) is 6.42 Å². The Kier molecular flexibility index (Phi) is 2.77. The number of carbonyl (C=O) groups excluding carboxylic acids is 1. The molecule has 0 aromatic rings. The van der Waals surface area contributed by atoms with Crippen LogP contribution in [0.15, 0.2) is 0 Å². The van der Waals surface area contributed by atoms with Crippen molar-refractivity contribution in [2.75, 3.05) is 6.54 Å². The predicted octanol–water partition coefficient (Wildman–Crippen LogP) is 1.60. The van der Waals surface area contributed by atoms with Crippen molar-refractivity contribution >= 4 is 5.97 Å². The minimum absolute atomic E-state index is 0.0279. The van der Waals surface area contributed by atoms with Crippen LogP contribution in [-0.2, 0) is 9.53 Å². The molecular weight excluding hydrogens is 178 g/mol. The van der Waals surface area contributed by atoms with Gasteiger partial charge in [-0.25, -0.2) is 0 Å². The molecule has 0 aromatic heterocycles. The molecular formula is C11H19NO2. The van der Waals surface area contributed by atoms with Crippen LogP contribution in [0.1, 0.15) is 44.9 Å². The second-order valence-electron chi connectivity index (χ2n) is 4.78. The van der Waals surface area contributed by atoms with Crippen molar-refractivity contribution in [2.45, 2.75) is 51.0 Å². The highest BCUT2D eigenvalue weighted by Crippen LogP contribution is 2.43. The van der Waals surface area contributed by atoms with Crippen molar-refractivity contribution in [3.8, 4) is 0 Å². The lowest BCUT2D eigenvalue weighted by Gasteiger charge is -2.40. The summed E-state index contributed by atoms with van der Waals surface area (Å²) < 4.78 is 5.33. The Labute approximate surface area is 85.0 Å². The molecule has 2 rings (SSSR count). The first-order valence-corrected chi connectivity index (χ1v) is 5.64. The van der Waals surface area contributed by atoms with Crippen LogP contribution in [0.5, 0.6) is 0 Å². The van der Waals surface area contributed by atoms with Crippen molar-refractivity contribution < 1.29 is 9.53 Å². The van der Waals surface area contributed by atoms with Gasteiger partial charge in [-0.1, -0.05) is 6.42 Å². The molecule has 0 bridgehead atoms. The smallest absolute Gasteiger partial charge is 0.306 e. The minimum atomic E-state index is -0.0279. The molecule has 80 valence electrons. The summed E-state index contributed by atoms with van der Waals surface area (Å²) in [5.74, 6) is -0.0279. The zero-order valence-electron chi connectivity index (χ0n) is 8.63. The fraction of sp³-hybridized carbons (Fsp3) is 0.909. The molecule has 0 radical (unpaired) electrons. The molecule has 0 aliphatic heterocycles. The molecule has 0 amide bonds. The van der Waals surface area contributed by atoms with Crippen molar-refractivity contribution in [3.05, 3.63) is 0 Å². The van der Waals surface area contributed by atoms with Crippen molar-refractivity contribution in [1.29, 1.82) is 0 Å². The van der Waals surface area contributed by atoms with Gasteiger partial charge in [0, 0.05) is 0 Å². The van der Waals surface area contributed by atoms with Gasteiger partial charge in [-0.2, -0.15) is 0 Å². The Hall–Kier alpha value is -0.570. The molecule has 14 heavy (non-hydrogen) atoms. The second kappa shape index (κ2) is 3.89. The Morgan fingerprint density at radius 1 is 1.36 bits per heavy atom. The van der Waals surface area contributed by atoms with Gasteiger partial charge in [0.2, 0.25) is 0 Å². The van der Waals surface area contributed by atoms with E-state index in [-0.39, 0.29) is 17.5 Å². The molecule has 2 saturated carbocycles. The molecule has 2 N–H and O–H groups in total. The van der Waals surface area contributed by atoms with E-state index in [0.717, 1.165) is 25.7 Å². The van der Waals surface area contributed by atoms with Crippen LogP contribution < -0.4 is 5.73 Å². The van der Waals surface area contributed by atoms with Gasteiger partial charge in [0.25, 0.3) is 0 Å². The number of esters is 1. The average Bonchev–Trinajstić information content (AvgIpc) is 2.04. The Bertz CT molecular complexity index is 214. The molecule has 0 spiro atoms. The normalized spacial score (nSPS) is 24.9. The predicted molar refractivity (Wildman–Crippen MR) is 53.7 cm³/mol. The summed E-state index contributed by atoms with van der Waals surface area (Å²) in [6.45, 7) is 0.632. The molecule has 0 atom stereocenters. The van der Waals surface area contributed by atoms with Gasteiger partial charge < -0.3 is 10.5 Å². The monoisotopic (exact) mass is 197 g/mol. The number of nitrogens with two attached hydrogens (primary N) is 1. The van der Waals surface area contributed by atoms with Crippen LogP contribution in [0.25, 0.3) is 0 Å². The highest BCUT2D eigenvalue weighted by molar-refractivity contribution is 5.70. The van der Waals surface area contributed by atoms with Gasteiger partial charge in [-0.3, -0.25) is 4.79 Å². The zero-order valence-corrected chi connectivity index (χ0v) is 8.63. The van der Waals surface area contributed by atoms with Crippen molar-refractivity contribution in [1.82, 2.24) is 0 Å². The van der Waals surface area contributed by atoms with E-state index in [2.05, 4.69) is 0 Å². The maximum absolute atomic E-state index is 11.5. The fourth-order valence-electron chi connectivity index (χ4n) is 2.15. The van der Waals surface area contributed by atoms with E-state index in [1.165, 1.54) is 12.8 Å². The largest absolute Gasteiger partial charge is 0.462 e. The number of carbonyl (C=O) groups is 1. The molecule has 3 heteroatoms. The van der Waals surface area contributed by atoms with E-state index in [1.807, 2.05) is 0 Å². The molecule has 2 aliphatic carbocycles. The quantitative estimate of drug-likeness (QED) is 0.696. The molecule has 0 saturated heterocycles. The van der Waals surface area contributed by atoms with Crippen LogP contribution in [0.3, 0.4) is 0 Å². The van der Waals surface area contributed by atoms with Gasteiger partial charge in [-0.05, 0) is 44.1 Å². The molecule has 2 aliphatic rings. The number of rotatable bonds is 4. The maximum atomic E-state index is 11.5. The van der Waals surface area contributed by atoms with E-state index < -0.39 is 0 Å². The SMILES string of the molecule is NCC1(CC(=O)OC2CCC2)CCC1. The summed E-state index contributed by atoms with van der Waals surface area (Å²) in [5.41, 5.74) is 5.78. The lowest BCUT2D eigenvalue weighted by atomic mass is 9.67. The number of ether oxygens (including phenoxy) is 1. The minimum Gasteiger partial charge on any atom is -0.462 e. The average molecular weight is 197 g/mol. The van der Waals surface area contributed by atoms with Crippen LogP contribution in [0.4, 0.5) is 0 Å². The summed E-state index contributed by atoms with van der Waals surface area (Å²) in [7, 11) is 0. The van der Waals surface area contributed by atoms with Crippen LogP contribution >= 0.6 is 0 Å². The third-order valence-electron chi connectivity index (χ3n) is 3.72. The van der Waals surface area contributed by atoms with Gasteiger partial charge in [-0.15, -0.1) is 0 Å². The topological polar surface area (TPSA) is 52.3 Å². The summed E-state index contributed by atoms with van der Waals surface area (Å²) >= 11 is 0. The Morgan fingerprint density at radius 3 is 2.43 bits per heavy atom. The third kappa shape index (κ3) is 1.92. The standard InChI is InChI=1S/C11H19NO2/c12-8-11(5-2-6-11)7-10(13)14-9-3-1-4-9/h9H,1-8,12H2.